The van der Waals surface area contributed by atoms with Gasteiger partial charge in [0.15, 0.2) is 0 Å². The molecule has 0 radical (unpaired) electrons. The summed E-state index contributed by atoms with van der Waals surface area (Å²) in [6, 6.07) is 6.77. The Labute approximate surface area is 200 Å². The molecule has 2 aromatic heterocycles. The molecule has 8 heteroatoms. The molecule has 34 heavy (non-hydrogen) atoms. The zero-order valence-electron chi connectivity index (χ0n) is 20.8. The van der Waals surface area contributed by atoms with Crippen molar-refractivity contribution >= 4 is 27.7 Å². The van der Waals surface area contributed by atoms with Crippen LogP contribution in [0.2, 0.25) is 0 Å². The van der Waals surface area contributed by atoms with Crippen molar-refractivity contribution in [1.29, 1.82) is 0 Å². The molecule has 1 fully saturated rings. The van der Waals surface area contributed by atoms with E-state index in [1.165, 1.54) is 32.1 Å². The van der Waals surface area contributed by atoms with Gasteiger partial charge in [0, 0.05) is 37.6 Å². The van der Waals surface area contributed by atoms with Gasteiger partial charge in [-0.15, -0.1) is 0 Å². The highest BCUT2D eigenvalue weighted by Crippen LogP contribution is 2.27. The molecule has 2 heterocycles. The molecule has 184 valence electrons. The summed E-state index contributed by atoms with van der Waals surface area (Å²) in [4.78, 5) is 28.2. The molecule has 8 nitrogen and oxygen atoms in total. The average molecular weight is 468 g/mol. The van der Waals surface area contributed by atoms with E-state index >= 15 is 0 Å². The first-order valence-corrected chi connectivity index (χ1v) is 12.5. The quantitative estimate of drug-likeness (QED) is 0.488. The van der Waals surface area contributed by atoms with E-state index < -0.39 is 0 Å². The highest BCUT2D eigenvalue weighted by molar-refractivity contribution is 6.04. The van der Waals surface area contributed by atoms with Crippen molar-refractivity contribution in [3.8, 4) is 5.75 Å². The fourth-order valence-corrected chi connectivity index (χ4v) is 5.32. The predicted octanol–water partition coefficient (Wildman–Crippen LogP) is 3.45. The molecular formula is C26H37N5O3. The summed E-state index contributed by atoms with van der Waals surface area (Å²) in [5.74, 6) is 0.591. The summed E-state index contributed by atoms with van der Waals surface area (Å²) in [6.07, 6.45) is 9.05. The first-order valence-electron chi connectivity index (χ1n) is 12.5. The summed E-state index contributed by atoms with van der Waals surface area (Å²) in [5.41, 5.74) is 1.31. The third-order valence-electron chi connectivity index (χ3n) is 7.11. The average Bonchev–Trinajstić information content (AvgIpc) is 3.26. The highest BCUT2D eigenvalue weighted by atomic mass is 16.5. The van der Waals surface area contributed by atoms with Gasteiger partial charge in [0.2, 0.25) is 5.91 Å². The van der Waals surface area contributed by atoms with Crippen LogP contribution < -0.4 is 15.6 Å². The van der Waals surface area contributed by atoms with E-state index in [1.54, 1.807) is 29.6 Å². The molecule has 4 rings (SSSR count). The maximum absolute atomic E-state index is 12.8. The van der Waals surface area contributed by atoms with Crippen LogP contribution in [-0.2, 0) is 18.4 Å². The number of aryl methyl sites for hydroxylation is 1. The van der Waals surface area contributed by atoms with Gasteiger partial charge >= 0.3 is 0 Å². The first kappa shape index (κ1) is 24.3. The Morgan fingerprint density at radius 1 is 1.24 bits per heavy atom. The molecule has 0 spiro atoms. The van der Waals surface area contributed by atoms with Gasteiger partial charge in [-0.1, -0.05) is 19.3 Å². The van der Waals surface area contributed by atoms with Crippen molar-refractivity contribution < 1.29 is 9.53 Å². The lowest BCUT2D eigenvalue weighted by molar-refractivity contribution is -0.121. The van der Waals surface area contributed by atoms with Crippen LogP contribution in [0.1, 0.15) is 52.4 Å². The van der Waals surface area contributed by atoms with Gasteiger partial charge in [0.05, 0.1) is 29.7 Å². The molecule has 1 N–H and O–H groups in total. The lowest BCUT2D eigenvalue weighted by Gasteiger charge is -2.37. The van der Waals surface area contributed by atoms with E-state index in [-0.39, 0.29) is 18.0 Å². The topological polar surface area (TPSA) is 81.4 Å². The molecule has 1 aliphatic carbocycles. The minimum absolute atomic E-state index is 0.0689. The number of hydrogen-bond donors (Lipinski definition) is 1. The molecule has 0 unspecified atom stereocenters. The SMILES string of the molecule is COc1ccc2c(c1)c1c(cnn1CC(=O)NCCCN(C(C)C)C1CCCCC1)c(=O)n2C. The standard InChI is InChI=1S/C26H37N5O3/c1-18(2)30(19-9-6-5-7-10-19)14-8-13-27-24(32)17-31-25-21-15-20(34-4)11-12-23(21)29(3)26(33)22(25)16-28-31/h11-12,15-16,18-19H,5-10,13-14,17H2,1-4H3,(H,27,32). The van der Waals surface area contributed by atoms with Crippen LogP contribution in [-0.4, -0.2) is 57.4 Å². The smallest absolute Gasteiger partial charge is 0.261 e. The molecule has 1 saturated carbocycles. The van der Waals surface area contributed by atoms with Crippen LogP contribution in [0.15, 0.2) is 29.2 Å². The third-order valence-corrected chi connectivity index (χ3v) is 7.11. The van der Waals surface area contributed by atoms with Gasteiger partial charge in [-0.05, 0) is 51.3 Å². The Morgan fingerprint density at radius 3 is 2.71 bits per heavy atom. The van der Waals surface area contributed by atoms with Crippen molar-refractivity contribution in [3.63, 3.8) is 0 Å². The van der Waals surface area contributed by atoms with Gasteiger partial charge in [-0.3, -0.25) is 19.2 Å². The zero-order chi connectivity index (χ0) is 24.2. The molecule has 3 aromatic rings. The van der Waals surface area contributed by atoms with E-state index in [9.17, 15) is 9.59 Å². The maximum atomic E-state index is 12.8. The number of pyridine rings is 1. The minimum Gasteiger partial charge on any atom is -0.497 e. The predicted molar refractivity (Wildman–Crippen MR) is 135 cm³/mol. The number of nitrogens with zero attached hydrogens (tertiary/aromatic N) is 4. The van der Waals surface area contributed by atoms with E-state index in [1.807, 2.05) is 18.2 Å². The fraction of sp³-hybridized carbons (Fsp3) is 0.577. The lowest BCUT2D eigenvalue weighted by Crippen LogP contribution is -2.43. The number of carbonyl (C=O) groups is 1. The van der Waals surface area contributed by atoms with Crippen molar-refractivity contribution in [2.24, 2.45) is 7.05 Å². The van der Waals surface area contributed by atoms with Crippen molar-refractivity contribution in [1.82, 2.24) is 24.6 Å². The maximum Gasteiger partial charge on any atom is 0.261 e. The van der Waals surface area contributed by atoms with E-state index in [4.69, 9.17) is 4.74 Å². The van der Waals surface area contributed by atoms with E-state index in [0.29, 0.717) is 35.3 Å². The third kappa shape index (κ3) is 4.97. The minimum atomic E-state index is -0.129. The van der Waals surface area contributed by atoms with Crippen LogP contribution in [0.25, 0.3) is 21.8 Å². The van der Waals surface area contributed by atoms with Crippen molar-refractivity contribution in [2.45, 2.75) is 71.0 Å². The Hall–Kier alpha value is -2.87. The molecule has 1 aliphatic rings. The highest BCUT2D eigenvalue weighted by Gasteiger charge is 2.23. The molecule has 0 atom stereocenters. The first-order chi connectivity index (χ1) is 16.4. The number of aromatic nitrogens is 3. The van der Waals surface area contributed by atoms with Gasteiger partial charge in [0.1, 0.15) is 12.3 Å². The Morgan fingerprint density at radius 2 is 2.00 bits per heavy atom. The van der Waals surface area contributed by atoms with Crippen LogP contribution in [0.5, 0.6) is 5.75 Å². The largest absolute Gasteiger partial charge is 0.497 e. The fourth-order valence-electron chi connectivity index (χ4n) is 5.32. The number of methoxy groups -OCH3 is 1. The lowest BCUT2D eigenvalue weighted by atomic mass is 9.93. The molecule has 1 amide bonds. The van der Waals surface area contributed by atoms with Crippen molar-refractivity contribution in [3.05, 3.63) is 34.7 Å². The van der Waals surface area contributed by atoms with Crippen LogP contribution in [0.3, 0.4) is 0 Å². The number of fused-ring (bicyclic) bond motifs is 3. The number of ether oxygens (including phenoxy) is 1. The number of hydrogen-bond acceptors (Lipinski definition) is 5. The van der Waals surface area contributed by atoms with E-state index in [0.717, 1.165) is 23.9 Å². The number of benzene rings is 1. The second-order valence-corrected chi connectivity index (χ2v) is 9.64. The number of amides is 1. The second-order valence-electron chi connectivity index (χ2n) is 9.64. The summed E-state index contributed by atoms with van der Waals surface area (Å²) >= 11 is 0. The van der Waals surface area contributed by atoms with Crippen LogP contribution >= 0.6 is 0 Å². The van der Waals surface area contributed by atoms with E-state index in [2.05, 4.69) is 29.2 Å². The molecule has 1 aromatic carbocycles. The van der Waals surface area contributed by atoms with Gasteiger partial charge in [-0.25, -0.2) is 0 Å². The molecule has 0 aliphatic heterocycles. The molecule has 0 bridgehead atoms. The monoisotopic (exact) mass is 467 g/mol. The number of rotatable bonds is 9. The van der Waals surface area contributed by atoms with Gasteiger partial charge in [-0.2, -0.15) is 5.10 Å². The Kier molecular flexibility index (Phi) is 7.56. The van der Waals surface area contributed by atoms with Gasteiger partial charge < -0.3 is 14.6 Å². The van der Waals surface area contributed by atoms with Crippen LogP contribution in [0, 0.1) is 0 Å². The zero-order valence-corrected chi connectivity index (χ0v) is 20.8. The number of carbonyl (C=O) groups excluding carboxylic acids is 1. The molecule has 0 saturated heterocycles. The second kappa shape index (κ2) is 10.6. The summed E-state index contributed by atoms with van der Waals surface area (Å²) in [7, 11) is 3.36. The number of nitrogens with one attached hydrogen (secondary N) is 1. The molecular weight excluding hydrogens is 430 g/mol. The summed E-state index contributed by atoms with van der Waals surface area (Å²) in [5, 5.41) is 8.75. The summed E-state index contributed by atoms with van der Waals surface area (Å²) in [6.45, 7) is 6.22. The Balaban J connectivity index is 1.43. The normalized spacial score (nSPS) is 15.0. The Bertz CT molecular complexity index is 1210. The summed E-state index contributed by atoms with van der Waals surface area (Å²) < 4.78 is 8.61. The van der Waals surface area contributed by atoms with Gasteiger partial charge in [0.25, 0.3) is 5.56 Å². The van der Waals surface area contributed by atoms with Crippen LogP contribution in [0.4, 0.5) is 0 Å². The van der Waals surface area contributed by atoms with Crippen molar-refractivity contribution in [2.75, 3.05) is 20.2 Å².